The molecule has 1 amide bonds. The molecule has 0 spiro atoms. The Kier molecular flexibility index (Phi) is 5.67. The summed E-state index contributed by atoms with van der Waals surface area (Å²) in [6.07, 6.45) is 5.44. The van der Waals surface area contributed by atoms with E-state index < -0.39 is 0 Å². The molecule has 0 aliphatic heterocycles. The van der Waals surface area contributed by atoms with E-state index in [1.54, 1.807) is 12.5 Å². The largest absolute Gasteiger partial charge is 0.411 e. The summed E-state index contributed by atoms with van der Waals surface area (Å²) in [6, 6.07) is 21.8. The highest BCUT2D eigenvalue weighted by Gasteiger charge is 2.12. The van der Waals surface area contributed by atoms with Crippen molar-refractivity contribution in [1.29, 1.82) is 0 Å². The predicted molar refractivity (Wildman–Crippen MR) is 124 cm³/mol. The topological polar surface area (TPSA) is 85.8 Å². The zero-order chi connectivity index (χ0) is 21.8. The lowest BCUT2D eigenvalue weighted by Crippen LogP contribution is -2.14. The quantitative estimate of drug-likeness (QED) is 0.363. The lowest BCUT2D eigenvalue weighted by Gasteiger charge is -2.06. The molecule has 1 N–H and O–H groups in total. The summed E-state index contributed by atoms with van der Waals surface area (Å²) in [4.78, 5) is 16.4. The van der Waals surface area contributed by atoms with Crippen LogP contribution in [-0.4, -0.2) is 31.4 Å². The molecule has 5 aromatic rings. The Hall–Kier alpha value is -3.91. The third-order valence-electron chi connectivity index (χ3n) is 4.89. The van der Waals surface area contributed by atoms with Crippen molar-refractivity contribution in [3.05, 3.63) is 91.0 Å². The van der Waals surface area contributed by atoms with Gasteiger partial charge in [-0.1, -0.05) is 54.2 Å². The Labute approximate surface area is 188 Å². The number of thioether (sulfide) groups is 1. The van der Waals surface area contributed by atoms with Crippen molar-refractivity contribution < 1.29 is 9.21 Å². The van der Waals surface area contributed by atoms with Gasteiger partial charge in [-0.25, -0.2) is 4.98 Å². The van der Waals surface area contributed by atoms with Gasteiger partial charge in [0.25, 0.3) is 5.22 Å². The molecule has 0 radical (unpaired) electrons. The van der Waals surface area contributed by atoms with E-state index in [9.17, 15) is 4.79 Å². The van der Waals surface area contributed by atoms with Crippen LogP contribution in [0.3, 0.4) is 0 Å². The molecule has 0 atom stereocenters. The number of carbonyl (C=O) groups is 1. The first-order chi connectivity index (χ1) is 15.7. The molecule has 0 bridgehead atoms. The maximum Gasteiger partial charge on any atom is 0.277 e. The molecule has 7 nitrogen and oxygen atoms in total. The van der Waals surface area contributed by atoms with E-state index in [1.165, 1.54) is 11.8 Å². The van der Waals surface area contributed by atoms with Crippen LogP contribution in [0.25, 0.3) is 22.2 Å². The second-order valence-corrected chi connectivity index (χ2v) is 8.13. The summed E-state index contributed by atoms with van der Waals surface area (Å²) in [5.41, 5.74) is 2.72. The highest BCUT2D eigenvalue weighted by Crippen LogP contribution is 2.26. The first kappa shape index (κ1) is 20.0. The van der Waals surface area contributed by atoms with Gasteiger partial charge in [0, 0.05) is 30.2 Å². The second-order valence-electron chi connectivity index (χ2n) is 7.20. The number of amides is 1. The molecule has 3 aromatic carbocycles. The van der Waals surface area contributed by atoms with Gasteiger partial charge in [0.1, 0.15) is 0 Å². The number of hydrogen-bond donors (Lipinski definition) is 1. The van der Waals surface area contributed by atoms with Crippen molar-refractivity contribution in [2.45, 2.75) is 11.8 Å². The fourth-order valence-corrected chi connectivity index (χ4v) is 3.88. The van der Waals surface area contributed by atoms with Gasteiger partial charge in [-0.15, -0.1) is 10.2 Å². The Bertz CT molecular complexity index is 1350. The van der Waals surface area contributed by atoms with Gasteiger partial charge in [-0.3, -0.25) is 4.79 Å². The van der Waals surface area contributed by atoms with Crippen molar-refractivity contribution >= 4 is 34.1 Å². The molecule has 0 saturated carbocycles. The molecule has 2 heterocycles. The van der Waals surface area contributed by atoms with Gasteiger partial charge in [0.05, 0.1) is 12.1 Å². The molecule has 8 heteroatoms. The molecular weight excluding hydrogens is 422 g/mol. The molecule has 0 aliphatic rings. The summed E-state index contributed by atoms with van der Waals surface area (Å²) < 4.78 is 7.73. The van der Waals surface area contributed by atoms with E-state index >= 15 is 0 Å². The molecular formula is C24H19N5O2S. The van der Waals surface area contributed by atoms with Crippen LogP contribution in [0, 0.1) is 0 Å². The fourth-order valence-electron chi connectivity index (χ4n) is 3.32. The number of benzene rings is 3. The van der Waals surface area contributed by atoms with Crippen LogP contribution in [0.2, 0.25) is 0 Å². The highest BCUT2D eigenvalue weighted by atomic mass is 32.2. The van der Waals surface area contributed by atoms with Gasteiger partial charge >= 0.3 is 0 Å². The number of rotatable bonds is 7. The minimum atomic E-state index is -0.136. The summed E-state index contributed by atoms with van der Waals surface area (Å²) in [5, 5.41) is 13.7. The third-order valence-corrected chi connectivity index (χ3v) is 5.71. The number of nitrogens with one attached hydrogen (secondary N) is 1. The minimum absolute atomic E-state index is 0.136. The molecule has 0 aliphatic carbocycles. The maximum atomic E-state index is 12.3. The van der Waals surface area contributed by atoms with Crippen LogP contribution in [0.4, 0.5) is 5.69 Å². The van der Waals surface area contributed by atoms with E-state index in [0.717, 1.165) is 34.1 Å². The minimum Gasteiger partial charge on any atom is -0.411 e. The van der Waals surface area contributed by atoms with Crippen molar-refractivity contribution in [1.82, 2.24) is 19.7 Å². The zero-order valence-corrected chi connectivity index (χ0v) is 17.8. The maximum absolute atomic E-state index is 12.3. The first-order valence-corrected chi connectivity index (χ1v) is 11.0. The predicted octanol–water partition coefficient (Wildman–Crippen LogP) is 4.87. The first-order valence-electron chi connectivity index (χ1n) is 10.0. The normalized spacial score (nSPS) is 11.0. The highest BCUT2D eigenvalue weighted by molar-refractivity contribution is 7.99. The standard InChI is InChI=1S/C24H19N5O2S/c30-22(26-21-9-5-17(6-10-21)14-29-12-11-25-16-29)15-32-24-28-27-23(31-24)20-8-7-18-3-1-2-4-19(18)13-20/h1-13,16H,14-15H2,(H,26,30). The number of nitrogens with zero attached hydrogens (tertiary/aromatic N) is 4. The molecule has 0 fully saturated rings. The smallest absolute Gasteiger partial charge is 0.277 e. The van der Waals surface area contributed by atoms with Crippen LogP contribution in [0.1, 0.15) is 5.56 Å². The van der Waals surface area contributed by atoms with Gasteiger partial charge in [-0.2, -0.15) is 0 Å². The lowest BCUT2D eigenvalue weighted by atomic mass is 10.1. The second kappa shape index (κ2) is 9.07. The molecule has 0 saturated heterocycles. The summed E-state index contributed by atoms with van der Waals surface area (Å²) in [7, 11) is 0. The Balaban J connectivity index is 1.16. The van der Waals surface area contributed by atoms with Crippen LogP contribution >= 0.6 is 11.8 Å². The van der Waals surface area contributed by atoms with Crippen molar-refractivity contribution in [2.24, 2.45) is 0 Å². The van der Waals surface area contributed by atoms with E-state index in [0.29, 0.717) is 11.1 Å². The van der Waals surface area contributed by atoms with Crippen molar-refractivity contribution in [3.8, 4) is 11.5 Å². The van der Waals surface area contributed by atoms with Crippen LogP contribution in [0.15, 0.2) is 95.1 Å². The molecule has 158 valence electrons. The fraction of sp³-hybridized carbons (Fsp3) is 0.0833. The van der Waals surface area contributed by atoms with Gasteiger partial charge < -0.3 is 14.3 Å². The van der Waals surface area contributed by atoms with Crippen molar-refractivity contribution in [2.75, 3.05) is 11.1 Å². The number of aromatic nitrogens is 4. The summed E-state index contributed by atoms with van der Waals surface area (Å²) in [6.45, 7) is 0.737. The monoisotopic (exact) mass is 441 g/mol. The summed E-state index contributed by atoms with van der Waals surface area (Å²) in [5.74, 6) is 0.478. The van der Waals surface area contributed by atoms with E-state index in [1.807, 2.05) is 71.4 Å². The van der Waals surface area contributed by atoms with Crippen LogP contribution in [-0.2, 0) is 11.3 Å². The lowest BCUT2D eigenvalue weighted by molar-refractivity contribution is -0.113. The number of carbonyl (C=O) groups excluding carboxylic acids is 1. The number of hydrogen-bond acceptors (Lipinski definition) is 6. The zero-order valence-electron chi connectivity index (χ0n) is 17.0. The van der Waals surface area contributed by atoms with Gasteiger partial charge in [0.15, 0.2) is 0 Å². The summed E-state index contributed by atoms with van der Waals surface area (Å²) >= 11 is 1.21. The van der Waals surface area contributed by atoms with Crippen LogP contribution in [0.5, 0.6) is 0 Å². The SMILES string of the molecule is O=C(CSc1nnc(-c2ccc3ccccc3c2)o1)Nc1ccc(Cn2ccnc2)cc1. The number of anilines is 1. The van der Waals surface area contributed by atoms with E-state index in [4.69, 9.17) is 4.42 Å². The Morgan fingerprint density at radius 1 is 1.00 bits per heavy atom. The molecule has 32 heavy (non-hydrogen) atoms. The van der Waals surface area contributed by atoms with E-state index in [2.05, 4.69) is 26.6 Å². The molecule has 5 rings (SSSR count). The van der Waals surface area contributed by atoms with E-state index in [-0.39, 0.29) is 11.7 Å². The third kappa shape index (κ3) is 4.70. The Morgan fingerprint density at radius 2 is 1.84 bits per heavy atom. The molecule has 2 aromatic heterocycles. The van der Waals surface area contributed by atoms with Crippen molar-refractivity contribution in [3.63, 3.8) is 0 Å². The van der Waals surface area contributed by atoms with Gasteiger partial charge in [0.2, 0.25) is 11.8 Å². The number of fused-ring (bicyclic) bond motifs is 1. The van der Waals surface area contributed by atoms with Crippen LogP contribution < -0.4 is 5.32 Å². The van der Waals surface area contributed by atoms with Gasteiger partial charge in [-0.05, 0) is 40.6 Å². The Morgan fingerprint density at radius 3 is 2.66 bits per heavy atom. The average molecular weight is 442 g/mol. The number of imidazole rings is 1. The molecule has 0 unspecified atom stereocenters. The average Bonchev–Trinajstić information content (AvgIpc) is 3.51.